The van der Waals surface area contributed by atoms with Crippen molar-refractivity contribution in [3.05, 3.63) is 46.2 Å². The predicted molar refractivity (Wildman–Crippen MR) is 97.0 cm³/mol. The van der Waals surface area contributed by atoms with E-state index in [1.54, 1.807) is 24.3 Å². The number of methoxy groups -OCH3 is 1. The van der Waals surface area contributed by atoms with Crippen molar-refractivity contribution in [2.45, 2.75) is 11.7 Å². The van der Waals surface area contributed by atoms with Crippen LogP contribution in [-0.4, -0.2) is 40.8 Å². The summed E-state index contributed by atoms with van der Waals surface area (Å²) in [5.41, 5.74) is 0.233. The maximum atomic E-state index is 12.6. The Hall–Kier alpha value is -2.32. The fourth-order valence-corrected chi connectivity index (χ4v) is 3.01. The first-order chi connectivity index (χ1) is 12.0. The lowest BCUT2D eigenvalue weighted by Crippen LogP contribution is -2.31. The van der Waals surface area contributed by atoms with Gasteiger partial charge >= 0.3 is 5.97 Å². The van der Waals surface area contributed by atoms with Crippen molar-refractivity contribution in [3.63, 3.8) is 0 Å². The number of ether oxygens (including phenoxy) is 1. The number of carbonyl (C=O) groups excluding carboxylic acids is 2. The maximum Gasteiger partial charge on any atom is 0.325 e. The van der Waals surface area contributed by atoms with Gasteiger partial charge in [-0.05, 0) is 18.2 Å². The number of nitrogens with one attached hydrogen (secondary N) is 1. The van der Waals surface area contributed by atoms with Gasteiger partial charge in [-0.25, -0.2) is 4.98 Å². The molecule has 7 nitrogen and oxygen atoms in total. The summed E-state index contributed by atoms with van der Waals surface area (Å²) in [6.45, 7) is 3.68. The molecule has 0 saturated heterocycles. The molecule has 1 N–H and O–H groups in total. The van der Waals surface area contributed by atoms with Crippen LogP contribution in [0.1, 0.15) is 0 Å². The molecule has 0 fully saturated rings. The number of hydrogen-bond acceptors (Lipinski definition) is 6. The number of benzene rings is 1. The van der Waals surface area contributed by atoms with Crippen molar-refractivity contribution in [1.82, 2.24) is 14.9 Å². The van der Waals surface area contributed by atoms with Gasteiger partial charge in [0.1, 0.15) is 6.54 Å². The zero-order valence-corrected chi connectivity index (χ0v) is 15.0. The van der Waals surface area contributed by atoms with Gasteiger partial charge in [0, 0.05) is 11.6 Å². The first kappa shape index (κ1) is 19.0. The van der Waals surface area contributed by atoms with Crippen LogP contribution in [-0.2, 0) is 20.9 Å². The molecule has 1 amide bonds. The number of aromatic nitrogens is 2. The highest BCUT2D eigenvalue weighted by atomic mass is 35.5. The monoisotopic (exact) mass is 381 g/mol. The molecule has 2 rings (SSSR count). The molecule has 132 valence electrons. The van der Waals surface area contributed by atoms with Crippen molar-refractivity contribution in [3.8, 4) is 0 Å². The first-order valence-corrected chi connectivity index (χ1v) is 8.60. The lowest BCUT2D eigenvalue weighted by molar-refractivity contribution is -0.140. The Labute approximate surface area is 153 Å². The SMILES string of the molecule is C=CCn1c(SCC(=O)NCC(=O)OC)nc2ccc(Cl)cc2c1=O. The standard InChI is InChI=1S/C16H16ClN3O4S/c1-3-6-20-15(23)11-7-10(17)4-5-12(11)19-16(20)25-9-13(21)18-8-14(22)24-2/h3-5,7H,1,6,8-9H2,2H3,(H,18,21). The van der Waals surface area contributed by atoms with Crippen molar-refractivity contribution >= 4 is 46.1 Å². The van der Waals surface area contributed by atoms with Gasteiger partial charge in [0.05, 0.1) is 23.8 Å². The normalized spacial score (nSPS) is 10.5. The highest BCUT2D eigenvalue weighted by Gasteiger charge is 2.13. The molecule has 2 aromatic rings. The van der Waals surface area contributed by atoms with Crippen molar-refractivity contribution < 1.29 is 14.3 Å². The van der Waals surface area contributed by atoms with Crippen LogP contribution in [0.4, 0.5) is 0 Å². The summed E-state index contributed by atoms with van der Waals surface area (Å²) in [5, 5.41) is 3.65. The molecule has 0 spiro atoms. The van der Waals surface area contributed by atoms with Gasteiger partial charge in [0.2, 0.25) is 5.91 Å². The van der Waals surface area contributed by atoms with Crippen molar-refractivity contribution in [2.75, 3.05) is 19.4 Å². The Bertz CT molecular complexity index is 882. The summed E-state index contributed by atoms with van der Waals surface area (Å²) in [6.07, 6.45) is 1.57. The zero-order chi connectivity index (χ0) is 18.4. The third-order valence-corrected chi connectivity index (χ3v) is 4.39. The Balaban J connectivity index is 2.24. The maximum absolute atomic E-state index is 12.6. The number of esters is 1. The number of halogens is 1. The Morgan fingerprint density at radius 3 is 2.92 bits per heavy atom. The van der Waals surface area contributed by atoms with Crippen LogP contribution < -0.4 is 10.9 Å². The average Bonchev–Trinajstić information content (AvgIpc) is 2.61. The van der Waals surface area contributed by atoms with E-state index in [-0.39, 0.29) is 30.3 Å². The smallest absolute Gasteiger partial charge is 0.325 e. The van der Waals surface area contributed by atoms with Crippen LogP contribution in [0.25, 0.3) is 10.9 Å². The topological polar surface area (TPSA) is 90.3 Å². The molecule has 1 heterocycles. The number of carbonyl (C=O) groups is 2. The second-order valence-electron chi connectivity index (χ2n) is 4.90. The summed E-state index contributed by atoms with van der Waals surface area (Å²) in [4.78, 5) is 39.9. The van der Waals surface area contributed by atoms with Gasteiger partial charge in [-0.3, -0.25) is 19.0 Å². The third kappa shape index (κ3) is 4.83. The van der Waals surface area contributed by atoms with Crippen LogP contribution >= 0.6 is 23.4 Å². The lowest BCUT2D eigenvalue weighted by Gasteiger charge is -2.11. The largest absolute Gasteiger partial charge is 0.468 e. The van der Waals surface area contributed by atoms with E-state index in [0.717, 1.165) is 11.8 Å². The Kier molecular flexibility index (Phi) is 6.60. The van der Waals surface area contributed by atoms with Crippen molar-refractivity contribution in [2.24, 2.45) is 0 Å². The lowest BCUT2D eigenvalue weighted by atomic mass is 10.2. The van der Waals surface area contributed by atoms with Crippen molar-refractivity contribution in [1.29, 1.82) is 0 Å². The van der Waals surface area contributed by atoms with Gasteiger partial charge in [0.25, 0.3) is 5.56 Å². The van der Waals surface area contributed by atoms with Gasteiger partial charge in [0.15, 0.2) is 5.16 Å². The molecule has 9 heteroatoms. The molecule has 0 saturated carbocycles. The summed E-state index contributed by atoms with van der Waals surface area (Å²) in [7, 11) is 1.24. The minimum atomic E-state index is -0.539. The van der Waals surface area contributed by atoms with E-state index in [1.165, 1.54) is 11.7 Å². The molecule has 1 aromatic carbocycles. The van der Waals surface area contributed by atoms with E-state index in [0.29, 0.717) is 21.1 Å². The van der Waals surface area contributed by atoms with E-state index >= 15 is 0 Å². The van der Waals surface area contributed by atoms with Crippen LogP contribution in [0.5, 0.6) is 0 Å². The predicted octanol–water partition coefficient (Wildman–Crippen LogP) is 1.62. The Morgan fingerprint density at radius 2 is 2.24 bits per heavy atom. The second kappa shape index (κ2) is 8.68. The molecule has 0 aliphatic heterocycles. The summed E-state index contributed by atoms with van der Waals surface area (Å²) >= 11 is 7.04. The van der Waals surface area contributed by atoms with E-state index in [2.05, 4.69) is 21.6 Å². The van der Waals surface area contributed by atoms with Gasteiger partial charge < -0.3 is 10.1 Å². The summed E-state index contributed by atoms with van der Waals surface area (Å²) in [5.74, 6) is -0.909. The van der Waals surface area contributed by atoms with Gasteiger partial charge in [-0.1, -0.05) is 29.4 Å². The molecule has 25 heavy (non-hydrogen) atoms. The van der Waals surface area contributed by atoms with E-state index in [9.17, 15) is 14.4 Å². The molecular weight excluding hydrogens is 366 g/mol. The molecule has 0 unspecified atom stereocenters. The van der Waals surface area contributed by atoms with Crippen LogP contribution in [0.15, 0.2) is 40.8 Å². The van der Waals surface area contributed by atoms with Crippen LogP contribution in [0.2, 0.25) is 5.02 Å². The van der Waals surface area contributed by atoms with E-state index in [1.807, 2.05) is 0 Å². The highest BCUT2D eigenvalue weighted by molar-refractivity contribution is 7.99. The zero-order valence-electron chi connectivity index (χ0n) is 13.5. The van der Waals surface area contributed by atoms with E-state index in [4.69, 9.17) is 11.6 Å². The first-order valence-electron chi connectivity index (χ1n) is 7.23. The minimum absolute atomic E-state index is 0.000324. The molecule has 0 atom stereocenters. The highest BCUT2D eigenvalue weighted by Crippen LogP contribution is 2.20. The van der Waals surface area contributed by atoms with E-state index < -0.39 is 5.97 Å². The molecular formula is C16H16ClN3O4S. The number of allylic oxidation sites excluding steroid dienone is 1. The minimum Gasteiger partial charge on any atom is -0.468 e. The fraction of sp³-hybridized carbons (Fsp3) is 0.250. The molecule has 0 radical (unpaired) electrons. The number of hydrogen-bond donors (Lipinski definition) is 1. The summed E-state index contributed by atoms with van der Waals surface area (Å²) < 4.78 is 5.87. The van der Waals surface area contributed by atoms with Crippen LogP contribution in [0, 0.1) is 0 Å². The average molecular weight is 382 g/mol. The van der Waals surface area contributed by atoms with Gasteiger partial charge in [-0.2, -0.15) is 0 Å². The number of nitrogens with zero attached hydrogens (tertiary/aromatic N) is 2. The van der Waals surface area contributed by atoms with Crippen LogP contribution in [0.3, 0.4) is 0 Å². The molecule has 0 bridgehead atoms. The Morgan fingerprint density at radius 1 is 1.48 bits per heavy atom. The summed E-state index contributed by atoms with van der Waals surface area (Å²) in [6, 6.07) is 4.85. The molecule has 0 aliphatic carbocycles. The second-order valence-corrected chi connectivity index (χ2v) is 6.28. The quantitative estimate of drug-likeness (QED) is 0.339. The molecule has 1 aromatic heterocycles. The fourth-order valence-electron chi connectivity index (χ4n) is 2.00. The third-order valence-electron chi connectivity index (χ3n) is 3.18. The number of amides is 1. The molecule has 0 aliphatic rings. The number of fused-ring (bicyclic) bond motifs is 1. The number of rotatable bonds is 7. The van der Waals surface area contributed by atoms with Gasteiger partial charge in [-0.15, -0.1) is 6.58 Å². The number of thioether (sulfide) groups is 1.